The van der Waals surface area contributed by atoms with Crippen LogP contribution in [0.4, 0.5) is 4.39 Å². The molecule has 0 N–H and O–H groups in total. The van der Waals surface area contributed by atoms with Gasteiger partial charge in [0, 0.05) is 17.1 Å². The maximum absolute atomic E-state index is 13.2. The molecule has 2 aromatic rings. The first-order chi connectivity index (χ1) is 7.25. The quantitative estimate of drug-likeness (QED) is 0.618. The molecule has 0 radical (unpaired) electrons. The van der Waals surface area contributed by atoms with Crippen molar-refractivity contribution in [2.45, 2.75) is 6.92 Å². The van der Waals surface area contributed by atoms with Gasteiger partial charge in [0.1, 0.15) is 5.82 Å². The van der Waals surface area contributed by atoms with Gasteiger partial charge in [-0.05, 0) is 30.5 Å². The summed E-state index contributed by atoms with van der Waals surface area (Å²) in [5.41, 5.74) is 1.31. The summed E-state index contributed by atoms with van der Waals surface area (Å²) in [5.74, 6) is 5.53. The van der Waals surface area contributed by atoms with Gasteiger partial charge in [-0.3, -0.25) is 0 Å². The van der Waals surface area contributed by atoms with Crippen molar-refractivity contribution in [3.8, 4) is 11.8 Å². The minimum atomic E-state index is -0.221. The minimum absolute atomic E-state index is 0.221. The van der Waals surface area contributed by atoms with Crippen LogP contribution in [0.3, 0.4) is 0 Å². The SMILES string of the molecule is Cc1ccc(C#Cc2nccs2)cc1F. The zero-order chi connectivity index (χ0) is 10.7. The van der Waals surface area contributed by atoms with E-state index in [9.17, 15) is 4.39 Å². The van der Waals surface area contributed by atoms with E-state index < -0.39 is 0 Å². The summed E-state index contributed by atoms with van der Waals surface area (Å²) in [6.45, 7) is 1.73. The van der Waals surface area contributed by atoms with Crippen LogP contribution in [-0.4, -0.2) is 4.98 Å². The second-order valence-corrected chi connectivity index (χ2v) is 3.95. The van der Waals surface area contributed by atoms with Crippen LogP contribution in [0.25, 0.3) is 0 Å². The highest BCUT2D eigenvalue weighted by Crippen LogP contribution is 2.08. The monoisotopic (exact) mass is 217 g/mol. The highest BCUT2D eigenvalue weighted by atomic mass is 32.1. The van der Waals surface area contributed by atoms with Crippen molar-refractivity contribution in [1.82, 2.24) is 4.98 Å². The number of hydrogen-bond acceptors (Lipinski definition) is 2. The molecule has 0 fully saturated rings. The average molecular weight is 217 g/mol. The van der Waals surface area contributed by atoms with Crippen molar-refractivity contribution < 1.29 is 4.39 Å². The molecule has 1 aromatic heterocycles. The zero-order valence-electron chi connectivity index (χ0n) is 8.12. The number of rotatable bonds is 0. The Balaban J connectivity index is 2.28. The summed E-state index contributed by atoms with van der Waals surface area (Å²) in [6.07, 6.45) is 1.70. The number of hydrogen-bond donors (Lipinski definition) is 0. The normalized spacial score (nSPS) is 9.47. The van der Waals surface area contributed by atoms with E-state index in [1.165, 1.54) is 17.4 Å². The molecular formula is C12H8FNS. The third-order valence-electron chi connectivity index (χ3n) is 1.92. The summed E-state index contributed by atoms with van der Waals surface area (Å²) >= 11 is 1.47. The van der Waals surface area contributed by atoms with Gasteiger partial charge in [-0.25, -0.2) is 9.37 Å². The zero-order valence-corrected chi connectivity index (χ0v) is 8.94. The largest absolute Gasteiger partial charge is 0.236 e. The van der Waals surface area contributed by atoms with Crippen LogP contribution in [-0.2, 0) is 0 Å². The topological polar surface area (TPSA) is 12.9 Å². The Kier molecular flexibility index (Phi) is 2.79. The van der Waals surface area contributed by atoms with E-state index in [0.717, 1.165) is 5.01 Å². The number of aromatic nitrogens is 1. The Bertz CT molecular complexity index is 520. The molecule has 0 unspecified atom stereocenters. The van der Waals surface area contributed by atoms with Crippen LogP contribution >= 0.6 is 11.3 Å². The lowest BCUT2D eigenvalue weighted by Gasteiger charge is -1.94. The molecule has 0 aliphatic heterocycles. The fourth-order valence-corrected chi connectivity index (χ4v) is 1.56. The van der Waals surface area contributed by atoms with E-state index in [4.69, 9.17) is 0 Å². The van der Waals surface area contributed by atoms with E-state index in [-0.39, 0.29) is 5.82 Å². The molecule has 0 bridgehead atoms. The lowest BCUT2D eigenvalue weighted by molar-refractivity contribution is 0.618. The lowest BCUT2D eigenvalue weighted by atomic mass is 10.1. The number of aryl methyl sites for hydroxylation is 1. The van der Waals surface area contributed by atoms with Crippen molar-refractivity contribution in [3.63, 3.8) is 0 Å². The van der Waals surface area contributed by atoms with Gasteiger partial charge in [0.05, 0.1) is 0 Å². The molecule has 3 heteroatoms. The maximum atomic E-state index is 13.2. The fourth-order valence-electron chi connectivity index (χ4n) is 1.08. The van der Waals surface area contributed by atoms with Crippen LogP contribution in [0.5, 0.6) is 0 Å². The summed E-state index contributed by atoms with van der Waals surface area (Å²) in [5, 5.41) is 2.61. The van der Waals surface area contributed by atoms with Crippen LogP contribution in [0.1, 0.15) is 16.1 Å². The van der Waals surface area contributed by atoms with Gasteiger partial charge in [0.25, 0.3) is 0 Å². The summed E-state index contributed by atoms with van der Waals surface area (Å²) < 4.78 is 13.2. The van der Waals surface area contributed by atoms with Gasteiger partial charge in [0.15, 0.2) is 5.01 Å². The second-order valence-electron chi connectivity index (χ2n) is 3.05. The van der Waals surface area contributed by atoms with Crippen molar-refractivity contribution in [3.05, 3.63) is 51.7 Å². The molecular weight excluding hydrogens is 209 g/mol. The van der Waals surface area contributed by atoms with Gasteiger partial charge in [-0.1, -0.05) is 12.0 Å². The number of nitrogens with zero attached hydrogens (tertiary/aromatic N) is 1. The van der Waals surface area contributed by atoms with Crippen molar-refractivity contribution in [1.29, 1.82) is 0 Å². The number of benzene rings is 1. The molecule has 1 heterocycles. The van der Waals surface area contributed by atoms with E-state index in [1.807, 2.05) is 5.38 Å². The Morgan fingerprint density at radius 1 is 1.33 bits per heavy atom. The summed E-state index contributed by atoms with van der Waals surface area (Å²) in [6, 6.07) is 4.97. The first-order valence-electron chi connectivity index (χ1n) is 4.43. The van der Waals surface area contributed by atoms with Crippen LogP contribution in [0.2, 0.25) is 0 Å². The van der Waals surface area contributed by atoms with Gasteiger partial charge in [-0.15, -0.1) is 11.3 Å². The molecule has 0 saturated heterocycles. The molecule has 74 valence electrons. The van der Waals surface area contributed by atoms with Crippen LogP contribution in [0, 0.1) is 24.6 Å². The Labute approximate surface area is 91.6 Å². The number of halogens is 1. The molecule has 0 spiro atoms. The Hall–Kier alpha value is -1.66. The molecule has 0 aliphatic rings. The third-order valence-corrected chi connectivity index (χ3v) is 2.61. The van der Waals surface area contributed by atoms with Crippen molar-refractivity contribution >= 4 is 11.3 Å². The highest BCUT2D eigenvalue weighted by molar-refractivity contribution is 7.10. The average Bonchev–Trinajstić information content (AvgIpc) is 2.73. The van der Waals surface area contributed by atoms with Gasteiger partial charge >= 0.3 is 0 Å². The first kappa shape index (κ1) is 9.88. The van der Waals surface area contributed by atoms with Gasteiger partial charge in [-0.2, -0.15) is 0 Å². The Morgan fingerprint density at radius 3 is 2.87 bits per heavy atom. The molecule has 15 heavy (non-hydrogen) atoms. The van der Waals surface area contributed by atoms with Crippen molar-refractivity contribution in [2.24, 2.45) is 0 Å². The molecule has 2 rings (SSSR count). The molecule has 0 aliphatic carbocycles. The molecule has 0 atom stereocenters. The maximum Gasteiger partial charge on any atom is 0.167 e. The predicted octanol–water partition coefficient (Wildman–Crippen LogP) is 2.99. The van der Waals surface area contributed by atoms with E-state index in [0.29, 0.717) is 11.1 Å². The fraction of sp³-hybridized carbons (Fsp3) is 0.0833. The van der Waals surface area contributed by atoms with Crippen LogP contribution in [0.15, 0.2) is 29.8 Å². The number of thiazole rings is 1. The van der Waals surface area contributed by atoms with E-state index >= 15 is 0 Å². The second kappa shape index (κ2) is 4.24. The third kappa shape index (κ3) is 2.42. The van der Waals surface area contributed by atoms with E-state index in [1.54, 1.807) is 25.3 Å². The lowest BCUT2D eigenvalue weighted by Crippen LogP contribution is -1.83. The van der Waals surface area contributed by atoms with Crippen LogP contribution < -0.4 is 0 Å². The molecule has 1 nitrogen and oxygen atoms in total. The predicted molar refractivity (Wildman–Crippen MR) is 59.2 cm³/mol. The standard InChI is InChI=1S/C12H8FNS/c1-9-2-3-10(8-11(9)13)4-5-12-14-6-7-15-12/h2-3,6-8H,1H3. The molecule has 0 amide bonds. The van der Waals surface area contributed by atoms with E-state index in [2.05, 4.69) is 16.8 Å². The first-order valence-corrected chi connectivity index (χ1v) is 5.31. The minimum Gasteiger partial charge on any atom is -0.236 e. The summed E-state index contributed by atoms with van der Waals surface area (Å²) in [4.78, 5) is 4.02. The Morgan fingerprint density at radius 2 is 2.20 bits per heavy atom. The molecule has 1 aromatic carbocycles. The van der Waals surface area contributed by atoms with Crippen molar-refractivity contribution in [2.75, 3.05) is 0 Å². The smallest absolute Gasteiger partial charge is 0.167 e. The van der Waals surface area contributed by atoms with Gasteiger partial charge in [0.2, 0.25) is 0 Å². The van der Waals surface area contributed by atoms with Gasteiger partial charge < -0.3 is 0 Å². The summed E-state index contributed by atoms with van der Waals surface area (Å²) in [7, 11) is 0. The molecule has 0 saturated carbocycles. The highest BCUT2D eigenvalue weighted by Gasteiger charge is 1.96.